The number of methoxy groups -OCH3 is 1. The number of nitrogen functional groups attached to an aromatic ring is 1. The van der Waals surface area contributed by atoms with E-state index in [4.69, 9.17) is 10.5 Å². The van der Waals surface area contributed by atoms with Gasteiger partial charge in [-0.1, -0.05) is 13.8 Å². The normalized spacial score (nSPS) is 25.3. The van der Waals surface area contributed by atoms with Gasteiger partial charge in [-0.3, -0.25) is 9.78 Å². The molecule has 6 heteroatoms. The number of rotatable bonds is 3. The van der Waals surface area contributed by atoms with Crippen molar-refractivity contribution in [1.29, 1.82) is 0 Å². The Morgan fingerprint density at radius 3 is 2.83 bits per heavy atom. The molecular formula is C12H18N4O2. The third-order valence-corrected chi connectivity index (χ3v) is 3.65. The van der Waals surface area contributed by atoms with E-state index in [1.165, 1.54) is 12.4 Å². The van der Waals surface area contributed by atoms with E-state index < -0.39 is 0 Å². The smallest absolute Gasteiger partial charge is 0.271 e. The number of ether oxygens (including phenoxy) is 1. The van der Waals surface area contributed by atoms with E-state index >= 15 is 0 Å². The topological polar surface area (TPSA) is 90.1 Å². The fourth-order valence-corrected chi connectivity index (χ4v) is 2.25. The van der Waals surface area contributed by atoms with Crippen molar-refractivity contribution in [2.45, 2.75) is 32.4 Å². The lowest BCUT2D eigenvalue weighted by Gasteiger charge is -2.51. The van der Waals surface area contributed by atoms with Gasteiger partial charge in [-0.15, -0.1) is 0 Å². The standard InChI is InChI=1S/C12H18N4O2/c1-12(2)8(4-9(12)18-3)16-11(17)7-5-14-6-10(13)15-7/h5-6,8-9H,4H2,1-3H3,(H2,13,15)(H,16,17). The largest absolute Gasteiger partial charge is 0.382 e. The molecule has 2 unspecified atom stereocenters. The first-order chi connectivity index (χ1) is 8.45. The summed E-state index contributed by atoms with van der Waals surface area (Å²) < 4.78 is 5.34. The lowest BCUT2D eigenvalue weighted by molar-refractivity contribution is -0.0942. The molecule has 1 amide bonds. The summed E-state index contributed by atoms with van der Waals surface area (Å²) in [5, 5.41) is 2.94. The van der Waals surface area contributed by atoms with Crippen molar-refractivity contribution in [1.82, 2.24) is 15.3 Å². The minimum atomic E-state index is -0.248. The Hall–Kier alpha value is -1.69. The lowest BCUT2D eigenvalue weighted by atomic mass is 9.64. The van der Waals surface area contributed by atoms with E-state index in [1.807, 2.05) is 0 Å². The summed E-state index contributed by atoms with van der Waals surface area (Å²) in [6.45, 7) is 4.14. The van der Waals surface area contributed by atoms with Crippen molar-refractivity contribution in [3.05, 3.63) is 18.1 Å². The molecule has 0 saturated heterocycles. The van der Waals surface area contributed by atoms with E-state index in [9.17, 15) is 4.79 Å². The molecule has 1 fully saturated rings. The van der Waals surface area contributed by atoms with Gasteiger partial charge in [0, 0.05) is 18.6 Å². The summed E-state index contributed by atoms with van der Waals surface area (Å²) in [4.78, 5) is 19.8. The number of carbonyl (C=O) groups is 1. The molecule has 3 N–H and O–H groups in total. The second-order valence-electron chi connectivity index (χ2n) is 5.14. The average molecular weight is 250 g/mol. The van der Waals surface area contributed by atoms with Crippen LogP contribution in [0.1, 0.15) is 30.8 Å². The predicted octanol–water partition coefficient (Wildman–Crippen LogP) is 0.602. The van der Waals surface area contributed by atoms with E-state index in [-0.39, 0.29) is 35.0 Å². The number of nitrogens with two attached hydrogens (primary N) is 1. The van der Waals surface area contributed by atoms with Gasteiger partial charge < -0.3 is 15.8 Å². The summed E-state index contributed by atoms with van der Waals surface area (Å²) in [5.41, 5.74) is 5.67. The third kappa shape index (κ3) is 2.15. The summed E-state index contributed by atoms with van der Waals surface area (Å²) in [7, 11) is 1.69. The first-order valence-electron chi connectivity index (χ1n) is 5.86. The molecule has 1 aliphatic rings. The number of nitrogens with one attached hydrogen (secondary N) is 1. The van der Waals surface area contributed by atoms with E-state index in [2.05, 4.69) is 29.1 Å². The molecule has 6 nitrogen and oxygen atoms in total. The van der Waals surface area contributed by atoms with Crippen molar-refractivity contribution in [2.75, 3.05) is 12.8 Å². The first kappa shape index (κ1) is 12.8. The molecule has 0 aromatic carbocycles. The zero-order chi connectivity index (χ0) is 13.3. The van der Waals surface area contributed by atoms with Gasteiger partial charge in [-0.2, -0.15) is 0 Å². The maximum absolute atomic E-state index is 12.0. The highest BCUT2D eigenvalue weighted by atomic mass is 16.5. The molecule has 0 aliphatic heterocycles. The van der Waals surface area contributed by atoms with Gasteiger partial charge in [-0.05, 0) is 6.42 Å². The number of amides is 1. The molecule has 0 bridgehead atoms. The van der Waals surface area contributed by atoms with E-state index in [0.717, 1.165) is 6.42 Å². The number of carbonyl (C=O) groups excluding carboxylic acids is 1. The first-order valence-corrected chi connectivity index (χ1v) is 5.86. The fraction of sp³-hybridized carbons (Fsp3) is 0.583. The Bertz CT molecular complexity index is 461. The van der Waals surface area contributed by atoms with Crippen LogP contribution in [0.5, 0.6) is 0 Å². The minimum absolute atomic E-state index is 0.0713. The van der Waals surface area contributed by atoms with Gasteiger partial charge in [0.05, 0.1) is 18.5 Å². The zero-order valence-corrected chi connectivity index (χ0v) is 10.8. The summed E-state index contributed by atoms with van der Waals surface area (Å²) in [5.74, 6) is -0.00674. The van der Waals surface area contributed by atoms with Crippen LogP contribution in [0.3, 0.4) is 0 Å². The highest BCUT2D eigenvalue weighted by Crippen LogP contribution is 2.42. The zero-order valence-electron chi connectivity index (χ0n) is 10.8. The van der Waals surface area contributed by atoms with Crippen LogP contribution in [0, 0.1) is 5.41 Å². The average Bonchev–Trinajstić information content (AvgIpc) is 2.33. The summed E-state index contributed by atoms with van der Waals surface area (Å²) >= 11 is 0. The van der Waals surface area contributed by atoms with Gasteiger partial charge in [0.2, 0.25) is 0 Å². The second kappa shape index (κ2) is 4.53. The maximum atomic E-state index is 12.0. The summed E-state index contributed by atoms with van der Waals surface area (Å²) in [6.07, 6.45) is 3.80. The monoisotopic (exact) mass is 250 g/mol. The van der Waals surface area contributed by atoms with Gasteiger partial charge in [0.1, 0.15) is 11.5 Å². The van der Waals surface area contributed by atoms with E-state index in [0.29, 0.717) is 0 Å². The molecule has 1 aromatic heterocycles. The number of nitrogens with zero attached hydrogens (tertiary/aromatic N) is 2. The van der Waals surface area contributed by atoms with Crippen LogP contribution in [-0.2, 0) is 4.74 Å². The van der Waals surface area contributed by atoms with Gasteiger partial charge >= 0.3 is 0 Å². The number of hydrogen-bond donors (Lipinski definition) is 2. The van der Waals surface area contributed by atoms with Crippen LogP contribution in [0.4, 0.5) is 5.82 Å². The maximum Gasteiger partial charge on any atom is 0.271 e. The Kier molecular flexibility index (Phi) is 3.21. The van der Waals surface area contributed by atoms with Gasteiger partial charge in [0.15, 0.2) is 0 Å². The van der Waals surface area contributed by atoms with Crippen LogP contribution in [0.25, 0.3) is 0 Å². The molecule has 98 valence electrons. The second-order valence-corrected chi connectivity index (χ2v) is 5.14. The highest BCUT2D eigenvalue weighted by Gasteiger charge is 2.49. The van der Waals surface area contributed by atoms with Crippen LogP contribution in [-0.4, -0.2) is 35.1 Å². The van der Waals surface area contributed by atoms with Crippen LogP contribution in [0.2, 0.25) is 0 Å². The van der Waals surface area contributed by atoms with Crippen molar-refractivity contribution >= 4 is 11.7 Å². The Balaban J connectivity index is 2.01. The number of aromatic nitrogens is 2. The SMILES string of the molecule is COC1CC(NC(=O)c2cncc(N)n2)C1(C)C. The molecule has 1 heterocycles. The van der Waals surface area contributed by atoms with Gasteiger partial charge in [0.25, 0.3) is 5.91 Å². The number of hydrogen-bond acceptors (Lipinski definition) is 5. The van der Waals surface area contributed by atoms with Crippen LogP contribution in [0.15, 0.2) is 12.4 Å². The molecular weight excluding hydrogens is 232 g/mol. The van der Waals surface area contributed by atoms with Crippen LogP contribution < -0.4 is 11.1 Å². The quantitative estimate of drug-likeness (QED) is 0.820. The summed E-state index contributed by atoms with van der Waals surface area (Å²) in [6, 6.07) is 0.0816. The van der Waals surface area contributed by atoms with Gasteiger partial charge in [-0.25, -0.2) is 4.98 Å². The molecule has 1 aromatic rings. The van der Waals surface area contributed by atoms with Crippen molar-refractivity contribution in [3.63, 3.8) is 0 Å². The minimum Gasteiger partial charge on any atom is -0.382 e. The molecule has 2 rings (SSSR count). The molecule has 0 spiro atoms. The number of anilines is 1. The molecule has 1 saturated carbocycles. The fourth-order valence-electron chi connectivity index (χ4n) is 2.25. The third-order valence-electron chi connectivity index (χ3n) is 3.65. The molecule has 2 atom stereocenters. The molecule has 18 heavy (non-hydrogen) atoms. The molecule has 1 aliphatic carbocycles. The predicted molar refractivity (Wildman–Crippen MR) is 66.9 cm³/mol. The Morgan fingerprint density at radius 2 is 2.28 bits per heavy atom. The van der Waals surface area contributed by atoms with Crippen molar-refractivity contribution in [2.24, 2.45) is 5.41 Å². The van der Waals surface area contributed by atoms with Crippen LogP contribution >= 0.6 is 0 Å². The van der Waals surface area contributed by atoms with E-state index in [1.54, 1.807) is 7.11 Å². The van der Waals surface area contributed by atoms with Crippen molar-refractivity contribution in [3.8, 4) is 0 Å². The Labute approximate surface area is 106 Å². The highest BCUT2D eigenvalue weighted by molar-refractivity contribution is 5.92. The lowest BCUT2D eigenvalue weighted by Crippen LogP contribution is -2.61. The molecule has 0 radical (unpaired) electrons. The van der Waals surface area contributed by atoms with Crippen molar-refractivity contribution < 1.29 is 9.53 Å². The Morgan fingerprint density at radius 1 is 1.56 bits per heavy atom.